The highest BCUT2D eigenvalue weighted by molar-refractivity contribution is 5.94. The van der Waals surface area contributed by atoms with E-state index in [1.165, 1.54) is 0 Å². The topological polar surface area (TPSA) is 89.4 Å². The molecule has 0 radical (unpaired) electrons. The molecule has 0 unspecified atom stereocenters. The lowest BCUT2D eigenvalue weighted by Crippen LogP contribution is -2.40. The first-order valence-electron chi connectivity index (χ1n) is 8.94. The molecular formula is C19H25N5O3. The van der Waals surface area contributed by atoms with Gasteiger partial charge in [0.25, 0.3) is 5.91 Å². The Hall–Kier alpha value is -2.90. The molecule has 8 heteroatoms. The highest BCUT2D eigenvalue weighted by atomic mass is 16.6. The molecule has 1 aliphatic rings. The van der Waals surface area contributed by atoms with Gasteiger partial charge in [-0.15, -0.1) is 0 Å². The molecule has 1 N–H and O–H groups in total. The van der Waals surface area contributed by atoms with Gasteiger partial charge >= 0.3 is 6.09 Å². The highest BCUT2D eigenvalue weighted by Gasteiger charge is 2.31. The van der Waals surface area contributed by atoms with Crippen molar-refractivity contribution in [3.8, 4) is 0 Å². The number of hydrogen-bond acceptors (Lipinski definition) is 5. The van der Waals surface area contributed by atoms with Crippen LogP contribution in [0, 0.1) is 0 Å². The lowest BCUT2D eigenvalue weighted by molar-refractivity contribution is 0.0219. The number of nitrogens with one attached hydrogen (secondary N) is 1. The number of amides is 2. The summed E-state index contributed by atoms with van der Waals surface area (Å²) < 4.78 is 7.12. The van der Waals surface area contributed by atoms with Crippen LogP contribution < -0.4 is 5.32 Å². The molecule has 0 bridgehead atoms. The third-order valence-corrected chi connectivity index (χ3v) is 4.32. The SMILES string of the molecule is Cn1nc(C(=O)NCc2ccncc2)c2c1CN(C(=O)OC(C)(C)C)CC2. The quantitative estimate of drug-likeness (QED) is 0.892. The van der Waals surface area contributed by atoms with Gasteiger partial charge in [0.15, 0.2) is 5.69 Å². The van der Waals surface area contributed by atoms with Crippen LogP contribution in [0.15, 0.2) is 24.5 Å². The van der Waals surface area contributed by atoms with Crippen molar-refractivity contribution in [2.24, 2.45) is 7.05 Å². The van der Waals surface area contributed by atoms with Crippen molar-refractivity contribution >= 4 is 12.0 Å². The molecule has 2 aromatic heterocycles. The fourth-order valence-electron chi connectivity index (χ4n) is 3.00. The Labute approximate surface area is 158 Å². The fraction of sp³-hybridized carbons (Fsp3) is 0.474. The molecule has 0 spiro atoms. The van der Waals surface area contributed by atoms with E-state index in [2.05, 4.69) is 15.4 Å². The van der Waals surface area contributed by atoms with Crippen LogP contribution >= 0.6 is 0 Å². The molecule has 0 saturated carbocycles. The van der Waals surface area contributed by atoms with Gasteiger partial charge in [0.1, 0.15) is 5.60 Å². The number of fused-ring (bicyclic) bond motifs is 1. The van der Waals surface area contributed by atoms with E-state index < -0.39 is 5.60 Å². The molecule has 1 aliphatic heterocycles. The maximum Gasteiger partial charge on any atom is 0.410 e. The van der Waals surface area contributed by atoms with Crippen molar-refractivity contribution in [3.05, 3.63) is 47.0 Å². The number of carbonyl (C=O) groups is 2. The van der Waals surface area contributed by atoms with Crippen molar-refractivity contribution in [2.75, 3.05) is 6.54 Å². The first-order chi connectivity index (χ1) is 12.7. The lowest BCUT2D eigenvalue weighted by Gasteiger charge is -2.30. The Morgan fingerprint density at radius 2 is 1.96 bits per heavy atom. The number of aromatic nitrogens is 3. The second-order valence-electron chi connectivity index (χ2n) is 7.59. The summed E-state index contributed by atoms with van der Waals surface area (Å²) in [5, 5.41) is 7.28. The van der Waals surface area contributed by atoms with Crippen LogP contribution in [0.25, 0.3) is 0 Å². The van der Waals surface area contributed by atoms with E-state index >= 15 is 0 Å². The van der Waals surface area contributed by atoms with E-state index in [0.29, 0.717) is 31.7 Å². The minimum atomic E-state index is -0.540. The molecule has 0 aliphatic carbocycles. The molecule has 0 saturated heterocycles. The van der Waals surface area contributed by atoms with E-state index in [9.17, 15) is 9.59 Å². The average molecular weight is 371 g/mol. The second-order valence-corrected chi connectivity index (χ2v) is 7.59. The molecule has 2 aromatic rings. The highest BCUT2D eigenvalue weighted by Crippen LogP contribution is 2.23. The number of pyridine rings is 1. The minimum Gasteiger partial charge on any atom is -0.444 e. The summed E-state index contributed by atoms with van der Waals surface area (Å²) in [5.74, 6) is -0.214. The normalized spacial score (nSPS) is 13.9. The van der Waals surface area contributed by atoms with Gasteiger partial charge in [-0.2, -0.15) is 5.10 Å². The standard InChI is InChI=1S/C19H25N5O3/c1-19(2,3)27-18(26)24-10-7-14-15(12-24)23(4)22-16(14)17(25)21-11-13-5-8-20-9-6-13/h5-6,8-9H,7,10-12H2,1-4H3,(H,21,25). The van der Waals surface area contributed by atoms with Gasteiger partial charge in [0.05, 0.1) is 12.2 Å². The summed E-state index contributed by atoms with van der Waals surface area (Å²) in [4.78, 5) is 30.5. The number of carbonyl (C=O) groups excluding carboxylic acids is 2. The van der Waals surface area contributed by atoms with Crippen LogP contribution in [0.2, 0.25) is 0 Å². The van der Waals surface area contributed by atoms with Crippen LogP contribution in [0.5, 0.6) is 0 Å². The number of aryl methyl sites for hydroxylation is 1. The number of rotatable bonds is 3. The Kier molecular flexibility index (Phi) is 5.16. The number of hydrogen-bond donors (Lipinski definition) is 1. The van der Waals surface area contributed by atoms with Crippen molar-refractivity contribution in [1.82, 2.24) is 25.0 Å². The Morgan fingerprint density at radius 1 is 1.26 bits per heavy atom. The molecular weight excluding hydrogens is 346 g/mol. The summed E-state index contributed by atoms with van der Waals surface area (Å²) in [6.07, 6.45) is 3.60. The molecule has 0 aromatic carbocycles. The molecule has 3 rings (SSSR count). The van der Waals surface area contributed by atoms with Gasteiger partial charge in [-0.05, 0) is 44.9 Å². The predicted octanol–water partition coefficient (Wildman–Crippen LogP) is 2.04. The molecule has 0 fully saturated rings. The maximum atomic E-state index is 12.6. The minimum absolute atomic E-state index is 0.214. The van der Waals surface area contributed by atoms with Crippen molar-refractivity contribution in [1.29, 1.82) is 0 Å². The van der Waals surface area contributed by atoms with Crippen LogP contribution in [0.4, 0.5) is 4.79 Å². The summed E-state index contributed by atoms with van der Waals surface area (Å²) in [6, 6.07) is 3.71. The number of ether oxygens (including phenoxy) is 1. The molecule has 144 valence electrons. The molecule has 0 atom stereocenters. The zero-order valence-electron chi connectivity index (χ0n) is 16.2. The van der Waals surface area contributed by atoms with E-state index in [4.69, 9.17) is 4.74 Å². The largest absolute Gasteiger partial charge is 0.444 e. The van der Waals surface area contributed by atoms with E-state index in [1.807, 2.05) is 32.9 Å². The van der Waals surface area contributed by atoms with Crippen molar-refractivity contribution in [2.45, 2.75) is 45.9 Å². The number of nitrogens with zero attached hydrogens (tertiary/aromatic N) is 4. The van der Waals surface area contributed by atoms with E-state index in [0.717, 1.165) is 16.8 Å². The predicted molar refractivity (Wildman–Crippen MR) is 99.0 cm³/mol. The third kappa shape index (κ3) is 4.45. The fourth-order valence-corrected chi connectivity index (χ4v) is 3.00. The maximum absolute atomic E-state index is 12.6. The van der Waals surface area contributed by atoms with Gasteiger partial charge in [-0.1, -0.05) is 0 Å². The summed E-state index contributed by atoms with van der Waals surface area (Å²) in [5.41, 5.74) is 2.61. The molecule has 2 amide bonds. The second kappa shape index (κ2) is 7.38. The van der Waals surface area contributed by atoms with Gasteiger partial charge in [-0.3, -0.25) is 14.5 Å². The molecule has 27 heavy (non-hydrogen) atoms. The van der Waals surface area contributed by atoms with Crippen LogP contribution in [-0.2, 0) is 31.3 Å². The van der Waals surface area contributed by atoms with Gasteiger partial charge in [0.2, 0.25) is 0 Å². The molecule has 3 heterocycles. The van der Waals surface area contributed by atoms with Crippen molar-refractivity contribution < 1.29 is 14.3 Å². The average Bonchev–Trinajstić information content (AvgIpc) is 2.95. The zero-order valence-corrected chi connectivity index (χ0v) is 16.2. The summed E-state index contributed by atoms with van der Waals surface area (Å²) >= 11 is 0. The molecule has 8 nitrogen and oxygen atoms in total. The first-order valence-corrected chi connectivity index (χ1v) is 8.94. The van der Waals surface area contributed by atoms with Crippen LogP contribution in [0.3, 0.4) is 0 Å². The van der Waals surface area contributed by atoms with E-state index in [-0.39, 0.29) is 12.0 Å². The summed E-state index contributed by atoms with van der Waals surface area (Å²) in [7, 11) is 1.79. The Bertz CT molecular complexity index is 839. The Balaban J connectivity index is 1.70. The van der Waals surface area contributed by atoms with Gasteiger partial charge < -0.3 is 15.0 Å². The van der Waals surface area contributed by atoms with Crippen LogP contribution in [0.1, 0.15) is 48.1 Å². The third-order valence-electron chi connectivity index (χ3n) is 4.32. The first kappa shape index (κ1) is 18.9. The summed E-state index contributed by atoms with van der Waals surface area (Å²) in [6.45, 7) is 6.82. The van der Waals surface area contributed by atoms with Gasteiger partial charge in [-0.25, -0.2) is 4.79 Å². The Morgan fingerprint density at radius 3 is 2.63 bits per heavy atom. The smallest absolute Gasteiger partial charge is 0.410 e. The lowest BCUT2D eigenvalue weighted by atomic mass is 10.0. The van der Waals surface area contributed by atoms with Crippen LogP contribution in [-0.4, -0.2) is 43.8 Å². The van der Waals surface area contributed by atoms with Gasteiger partial charge in [0, 0.05) is 38.1 Å². The van der Waals surface area contributed by atoms with Crippen molar-refractivity contribution in [3.63, 3.8) is 0 Å². The van der Waals surface area contributed by atoms with E-state index in [1.54, 1.807) is 29.0 Å². The monoisotopic (exact) mass is 371 g/mol. The zero-order chi connectivity index (χ0) is 19.6.